The molecule has 1 aromatic heterocycles. The Labute approximate surface area is 99.0 Å². The van der Waals surface area contributed by atoms with Gasteiger partial charge in [-0.3, -0.25) is 4.79 Å². The Morgan fingerprint density at radius 3 is 3.00 bits per heavy atom. The molecule has 0 atom stereocenters. The van der Waals surface area contributed by atoms with E-state index in [9.17, 15) is 4.79 Å². The normalized spacial score (nSPS) is 10.6. The molecule has 0 unspecified atom stereocenters. The van der Waals surface area contributed by atoms with Crippen LogP contribution in [0.15, 0.2) is 24.4 Å². The van der Waals surface area contributed by atoms with E-state index in [1.54, 1.807) is 24.4 Å². The largest absolute Gasteiger partial charge is 0.396 e. The van der Waals surface area contributed by atoms with Gasteiger partial charge in [0.2, 0.25) is 5.91 Å². The van der Waals surface area contributed by atoms with Crippen molar-refractivity contribution in [3.05, 3.63) is 35.1 Å². The summed E-state index contributed by atoms with van der Waals surface area (Å²) in [7, 11) is 0. The number of aliphatic hydroxyl groups excluding tert-OH is 1. The smallest absolute Gasteiger partial charge is 0.244 e. The Morgan fingerprint density at radius 2 is 2.38 bits per heavy atom. The number of carbonyl (C=O) groups is 1. The van der Waals surface area contributed by atoms with Gasteiger partial charge in [-0.15, -0.1) is 0 Å². The van der Waals surface area contributed by atoms with E-state index in [0.29, 0.717) is 18.1 Å². The van der Waals surface area contributed by atoms with Crippen LogP contribution in [0.5, 0.6) is 0 Å². The van der Waals surface area contributed by atoms with E-state index in [-0.39, 0.29) is 12.5 Å². The SMILES string of the molecule is O=C(/C=C/c1ccc(Cl)nc1)NCCCO. The monoisotopic (exact) mass is 240 g/mol. The molecule has 2 N–H and O–H groups in total. The van der Waals surface area contributed by atoms with Gasteiger partial charge in [0.1, 0.15) is 5.15 Å². The van der Waals surface area contributed by atoms with E-state index in [0.717, 1.165) is 5.56 Å². The number of nitrogens with zero attached hydrogens (tertiary/aromatic N) is 1. The number of amides is 1. The summed E-state index contributed by atoms with van der Waals surface area (Å²) in [6.45, 7) is 0.545. The van der Waals surface area contributed by atoms with Crippen LogP contribution in [0.25, 0.3) is 6.08 Å². The second kappa shape index (κ2) is 6.98. The van der Waals surface area contributed by atoms with Gasteiger partial charge >= 0.3 is 0 Å². The average molecular weight is 241 g/mol. The summed E-state index contributed by atoms with van der Waals surface area (Å²) in [5, 5.41) is 11.6. The third-order valence-electron chi connectivity index (χ3n) is 1.81. The Morgan fingerprint density at radius 1 is 1.56 bits per heavy atom. The van der Waals surface area contributed by atoms with Gasteiger partial charge < -0.3 is 10.4 Å². The molecule has 0 saturated heterocycles. The summed E-state index contributed by atoms with van der Waals surface area (Å²) in [5.74, 6) is -0.191. The first-order valence-corrected chi connectivity index (χ1v) is 5.28. The molecule has 1 heterocycles. The van der Waals surface area contributed by atoms with Crippen molar-refractivity contribution in [3.8, 4) is 0 Å². The molecule has 0 spiro atoms. The molecule has 0 aliphatic rings. The van der Waals surface area contributed by atoms with Gasteiger partial charge in [-0.1, -0.05) is 17.7 Å². The molecule has 0 aromatic carbocycles. The van der Waals surface area contributed by atoms with Gasteiger partial charge in [-0.05, 0) is 24.1 Å². The maximum absolute atomic E-state index is 11.2. The topological polar surface area (TPSA) is 62.2 Å². The summed E-state index contributed by atoms with van der Waals surface area (Å²) < 4.78 is 0. The quantitative estimate of drug-likeness (QED) is 0.463. The zero-order valence-electron chi connectivity index (χ0n) is 8.69. The molecule has 0 bridgehead atoms. The molecular formula is C11H13ClN2O2. The zero-order chi connectivity index (χ0) is 11.8. The van der Waals surface area contributed by atoms with E-state index in [1.165, 1.54) is 6.08 Å². The van der Waals surface area contributed by atoms with Gasteiger partial charge in [0.05, 0.1) is 0 Å². The number of halogens is 1. The van der Waals surface area contributed by atoms with Crippen molar-refractivity contribution in [3.63, 3.8) is 0 Å². The van der Waals surface area contributed by atoms with Gasteiger partial charge in [0.25, 0.3) is 0 Å². The minimum absolute atomic E-state index is 0.0745. The van der Waals surface area contributed by atoms with Crippen molar-refractivity contribution in [1.29, 1.82) is 0 Å². The van der Waals surface area contributed by atoms with Crippen LogP contribution in [0.2, 0.25) is 5.15 Å². The molecule has 5 heteroatoms. The second-order valence-corrected chi connectivity index (χ2v) is 3.50. The third-order valence-corrected chi connectivity index (χ3v) is 2.04. The maximum atomic E-state index is 11.2. The molecule has 1 rings (SSSR count). The van der Waals surface area contributed by atoms with Crippen LogP contribution in [0.3, 0.4) is 0 Å². The van der Waals surface area contributed by atoms with E-state index in [1.807, 2.05) is 0 Å². The standard InChI is InChI=1S/C11H13ClN2O2/c12-10-4-2-9(8-14-10)3-5-11(16)13-6-1-7-15/h2-5,8,15H,1,6-7H2,(H,13,16)/b5-3+. The highest BCUT2D eigenvalue weighted by Crippen LogP contribution is 2.06. The lowest BCUT2D eigenvalue weighted by Crippen LogP contribution is -2.22. The fraction of sp³-hybridized carbons (Fsp3) is 0.273. The number of rotatable bonds is 5. The van der Waals surface area contributed by atoms with Crippen LogP contribution < -0.4 is 5.32 Å². The fourth-order valence-electron chi connectivity index (χ4n) is 1.01. The Hall–Kier alpha value is -1.39. The van der Waals surface area contributed by atoms with E-state index >= 15 is 0 Å². The minimum atomic E-state index is -0.191. The summed E-state index contributed by atoms with van der Waals surface area (Å²) in [5.41, 5.74) is 0.807. The Balaban J connectivity index is 2.41. The van der Waals surface area contributed by atoms with E-state index in [2.05, 4.69) is 10.3 Å². The lowest BCUT2D eigenvalue weighted by atomic mass is 10.2. The highest BCUT2D eigenvalue weighted by atomic mass is 35.5. The van der Waals surface area contributed by atoms with Crippen molar-refractivity contribution in [1.82, 2.24) is 10.3 Å². The van der Waals surface area contributed by atoms with Crippen LogP contribution in [0, 0.1) is 0 Å². The van der Waals surface area contributed by atoms with E-state index in [4.69, 9.17) is 16.7 Å². The predicted octanol–water partition coefficient (Wildman–Crippen LogP) is 1.25. The number of aliphatic hydroxyl groups is 1. The molecule has 1 aromatic rings. The number of carbonyl (C=O) groups excluding carboxylic acids is 1. The number of nitrogens with one attached hydrogen (secondary N) is 1. The molecule has 4 nitrogen and oxygen atoms in total. The summed E-state index contributed by atoms with van der Waals surface area (Å²) >= 11 is 5.62. The molecule has 1 amide bonds. The lowest BCUT2D eigenvalue weighted by Gasteiger charge is -1.98. The van der Waals surface area contributed by atoms with Crippen LogP contribution in [0.1, 0.15) is 12.0 Å². The first-order chi connectivity index (χ1) is 7.72. The Bertz CT molecular complexity index is 363. The van der Waals surface area contributed by atoms with Crippen molar-refractivity contribution >= 4 is 23.6 Å². The molecule has 0 fully saturated rings. The average Bonchev–Trinajstić information content (AvgIpc) is 2.29. The van der Waals surface area contributed by atoms with Gasteiger partial charge in [-0.25, -0.2) is 4.98 Å². The first-order valence-electron chi connectivity index (χ1n) is 4.90. The van der Waals surface area contributed by atoms with Gasteiger partial charge in [0.15, 0.2) is 0 Å². The molecule has 0 aliphatic carbocycles. The fourth-order valence-corrected chi connectivity index (χ4v) is 1.12. The Kier molecular flexibility index (Phi) is 5.53. The molecule has 86 valence electrons. The highest BCUT2D eigenvalue weighted by molar-refractivity contribution is 6.29. The minimum Gasteiger partial charge on any atom is -0.396 e. The van der Waals surface area contributed by atoms with Crippen LogP contribution in [-0.4, -0.2) is 29.1 Å². The van der Waals surface area contributed by atoms with Crippen LogP contribution >= 0.6 is 11.6 Å². The van der Waals surface area contributed by atoms with Crippen molar-refractivity contribution in [2.45, 2.75) is 6.42 Å². The maximum Gasteiger partial charge on any atom is 0.244 e. The van der Waals surface area contributed by atoms with Gasteiger partial charge in [0, 0.05) is 25.4 Å². The van der Waals surface area contributed by atoms with Gasteiger partial charge in [-0.2, -0.15) is 0 Å². The second-order valence-electron chi connectivity index (χ2n) is 3.12. The summed E-state index contributed by atoms with van der Waals surface area (Å²) in [4.78, 5) is 15.1. The van der Waals surface area contributed by atoms with E-state index < -0.39 is 0 Å². The third kappa shape index (κ3) is 4.91. The molecule has 0 radical (unpaired) electrons. The molecule has 0 aliphatic heterocycles. The zero-order valence-corrected chi connectivity index (χ0v) is 9.44. The van der Waals surface area contributed by atoms with Crippen LogP contribution in [0.4, 0.5) is 0 Å². The summed E-state index contributed by atoms with van der Waals surface area (Å²) in [6, 6.07) is 3.43. The number of aromatic nitrogens is 1. The molecule has 0 saturated carbocycles. The number of hydrogen-bond acceptors (Lipinski definition) is 3. The highest BCUT2D eigenvalue weighted by Gasteiger charge is 1.94. The number of hydrogen-bond donors (Lipinski definition) is 2. The lowest BCUT2D eigenvalue weighted by molar-refractivity contribution is -0.116. The van der Waals surface area contributed by atoms with Crippen molar-refractivity contribution < 1.29 is 9.90 Å². The van der Waals surface area contributed by atoms with Crippen molar-refractivity contribution in [2.75, 3.05) is 13.2 Å². The van der Waals surface area contributed by atoms with Crippen LogP contribution in [-0.2, 0) is 4.79 Å². The molecular weight excluding hydrogens is 228 g/mol. The molecule has 16 heavy (non-hydrogen) atoms. The number of pyridine rings is 1. The van der Waals surface area contributed by atoms with Crippen molar-refractivity contribution in [2.24, 2.45) is 0 Å². The first kappa shape index (κ1) is 12.7. The summed E-state index contributed by atoms with van der Waals surface area (Å²) in [6.07, 6.45) is 5.21. The predicted molar refractivity (Wildman–Crippen MR) is 63.0 cm³/mol.